The molecule has 0 saturated carbocycles. The molecule has 0 saturated heterocycles. The second-order valence-corrected chi connectivity index (χ2v) is 2.72. The van der Waals surface area contributed by atoms with Gasteiger partial charge in [0, 0.05) is 0 Å². The summed E-state index contributed by atoms with van der Waals surface area (Å²) in [6.45, 7) is 1.24. The predicted octanol–water partition coefficient (Wildman–Crippen LogP) is 0.384. The number of hydrogen-bond acceptors (Lipinski definition) is 5. The Morgan fingerprint density at radius 3 is 2.64 bits per heavy atom. The van der Waals surface area contributed by atoms with E-state index in [2.05, 4.69) is 4.74 Å². The van der Waals surface area contributed by atoms with Crippen molar-refractivity contribution in [2.45, 2.75) is 13.0 Å². The van der Waals surface area contributed by atoms with E-state index in [-0.39, 0.29) is 11.5 Å². The van der Waals surface area contributed by atoms with Gasteiger partial charge in [-0.1, -0.05) is 6.07 Å². The maximum absolute atomic E-state index is 10.9. The summed E-state index contributed by atoms with van der Waals surface area (Å²) in [7, 11) is 0. The summed E-state index contributed by atoms with van der Waals surface area (Å²) in [5, 5.41) is 27.1. The summed E-state index contributed by atoms with van der Waals surface area (Å²) >= 11 is 0. The number of ether oxygens (including phenoxy) is 1. The zero-order valence-electron chi connectivity index (χ0n) is 7.47. The third-order valence-corrected chi connectivity index (χ3v) is 1.53. The Morgan fingerprint density at radius 1 is 1.43 bits per heavy atom. The highest BCUT2D eigenvalue weighted by Gasteiger charge is 2.15. The maximum atomic E-state index is 10.9. The lowest BCUT2D eigenvalue weighted by Gasteiger charge is -2.07. The van der Waals surface area contributed by atoms with Crippen LogP contribution in [-0.2, 0) is 4.79 Å². The van der Waals surface area contributed by atoms with E-state index in [9.17, 15) is 9.90 Å². The Morgan fingerprint density at radius 2 is 2.07 bits per heavy atom. The zero-order chi connectivity index (χ0) is 10.7. The lowest BCUT2D eigenvalue weighted by atomic mass is 10.3. The van der Waals surface area contributed by atoms with Crippen LogP contribution in [0, 0.1) is 0 Å². The van der Waals surface area contributed by atoms with Crippen LogP contribution in [0.15, 0.2) is 18.2 Å². The van der Waals surface area contributed by atoms with Crippen LogP contribution in [0.4, 0.5) is 0 Å². The Balaban J connectivity index is 2.87. The molecule has 1 aromatic carbocycles. The molecule has 1 atom stereocenters. The maximum Gasteiger partial charge on any atom is 0.340 e. The molecule has 5 nitrogen and oxygen atoms in total. The first-order valence-corrected chi connectivity index (χ1v) is 3.93. The highest BCUT2D eigenvalue weighted by Crippen LogP contribution is 2.34. The van der Waals surface area contributed by atoms with Crippen molar-refractivity contribution in [1.29, 1.82) is 0 Å². The second-order valence-electron chi connectivity index (χ2n) is 2.72. The summed E-state index contributed by atoms with van der Waals surface area (Å²) < 4.78 is 4.59. The first kappa shape index (κ1) is 10.3. The minimum Gasteiger partial charge on any atom is -0.504 e. The quantitative estimate of drug-likeness (QED) is 0.363. The van der Waals surface area contributed by atoms with E-state index in [1.165, 1.54) is 25.1 Å². The minimum absolute atomic E-state index is 0.184. The van der Waals surface area contributed by atoms with Gasteiger partial charge in [-0.25, -0.2) is 4.79 Å². The molecule has 0 fully saturated rings. The van der Waals surface area contributed by atoms with Crippen LogP contribution in [0.25, 0.3) is 0 Å². The number of aromatic hydroxyl groups is 2. The molecule has 0 aromatic heterocycles. The molecule has 0 bridgehead atoms. The van der Waals surface area contributed by atoms with Crippen LogP contribution < -0.4 is 4.74 Å². The summed E-state index contributed by atoms with van der Waals surface area (Å²) in [6.07, 6.45) is -1.28. The molecule has 0 spiro atoms. The monoisotopic (exact) mass is 198 g/mol. The fourth-order valence-electron chi connectivity index (χ4n) is 0.787. The molecule has 0 amide bonds. The largest absolute Gasteiger partial charge is 0.504 e. The fraction of sp³-hybridized carbons (Fsp3) is 0.222. The first-order chi connectivity index (χ1) is 6.52. The number of rotatable bonds is 2. The lowest BCUT2D eigenvalue weighted by Crippen LogP contribution is -2.22. The molecule has 5 heteroatoms. The number of phenols is 2. The van der Waals surface area contributed by atoms with E-state index in [4.69, 9.17) is 10.2 Å². The highest BCUT2D eigenvalue weighted by molar-refractivity contribution is 5.77. The molecule has 0 unspecified atom stereocenters. The zero-order valence-corrected chi connectivity index (χ0v) is 7.47. The van der Waals surface area contributed by atoms with Gasteiger partial charge in [0.25, 0.3) is 0 Å². The molecule has 0 aliphatic rings. The molecular weight excluding hydrogens is 188 g/mol. The predicted molar refractivity (Wildman–Crippen MR) is 47.1 cm³/mol. The smallest absolute Gasteiger partial charge is 0.340 e. The van der Waals surface area contributed by atoms with E-state index in [1.54, 1.807) is 0 Å². The van der Waals surface area contributed by atoms with Crippen LogP contribution in [0.5, 0.6) is 17.2 Å². The first-order valence-electron chi connectivity index (χ1n) is 3.93. The fourth-order valence-corrected chi connectivity index (χ4v) is 0.787. The number of phenolic OH excluding ortho intramolecular Hbond substituents is 2. The number of carbonyl (C=O) groups is 1. The van der Waals surface area contributed by atoms with Gasteiger partial charge < -0.3 is 20.1 Å². The summed E-state index contributed by atoms with van der Waals surface area (Å²) in [6, 6.07) is 3.95. The Hall–Kier alpha value is -1.75. The second kappa shape index (κ2) is 3.97. The van der Waals surface area contributed by atoms with E-state index >= 15 is 0 Å². The van der Waals surface area contributed by atoms with Crippen LogP contribution >= 0.6 is 0 Å². The normalized spacial score (nSPS) is 12.1. The number of aliphatic hydroxyl groups is 1. The standard InChI is InChI=1S/C9H10O5/c1-5(10)9(13)14-7-4-2-3-6(11)8(7)12/h2-5,10-12H,1H3/t5-/m1/s1. The molecular formula is C9H10O5. The van der Waals surface area contributed by atoms with Crippen LogP contribution in [0.1, 0.15) is 6.92 Å². The van der Waals surface area contributed by atoms with Crippen molar-refractivity contribution in [2.24, 2.45) is 0 Å². The SMILES string of the molecule is C[C@@H](O)C(=O)Oc1cccc(O)c1O. The van der Waals surface area contributed by atoms with E-state index in [1.807, 2.05) is 0 Å². The third kappa shape index (κ3) is 2.14. The van der Waals surface area contributed by atoms with Crippen molar-refractivity contribution < 1.29 is 24.9 Å². The summed E-state index contributed by atoms with van der Waals surface area (Å²) in [4.78, 5) is 10.9. The van der Waals surface area contributed by atoms with Gasteiger partial charge in [-0.3, -0.25) is 0 Å². The van der Waals surface area contributed by atoms with Gasteiger partial charge in [0.15, 0.2) is 11.5 Å². The molecule has 0 aliphatic carbocycles. The third-order valence-electron chi connectivity index (χ3n) is 1.53. The van der Waals surface area contributed by atoms with E-state index in [0.717, 1.165) is 0 Å². The van der Waals surface area contributed by atoms with Gasteiger partial charge in [0.2, 0.25) is 5.75 Å². The molecule has 14 heavy (non-hydrogen) atoms. The van der Waals surface area contributed by atoms with E-state index in [0.29, 0.717) is 0 Å². The average Bonchev–Trinajstić information content (AvgIpc) is 2.12. The van der Waals surface area contributed by atoms with Gasteiger partial charge in [-0.2, -0.15) is 0 Å². The molecule has 0 heterocycles. The van der Waals surface area contributed by atoms with Crippen molar-refractivity contribution in [2.75, 3.05) is 0 Å². The lowest BCUT2D eigenvalue weighted by molar-refractivity contribution is -0.142. The van der Waals surface area contributed by atoms with Gasteiger partial charge in [0.1, 0.15) is 6.10 Å². The van der Waals surface area contributed by atoms with Crippen LogP contribution in [0.2, 0.25) is 0 Å². The number of carbonyl (C=O) groups excluding carboxylic acids is 1. The minimum atomic E-state index is -1.28. The molecule has 76 valence electrons. The van der Waals surface area contributed by atoms with Crippen molar-refractivity contribution >= 4 is 5.97 Å². The van der Waals surface area contributed by atoms with Crippen molar-refractivity contribution in [3.8, 4) is 17.2 Å². The Labute approximate surface area is 80.2 Å². The molecule has 1 rings (SSSR count). The molecule has 3 N–H and O–H groups in total. The van der Waals surface area contributed by atoms with Gasteiger partial charge in [-0.15, -0.1) is 0 Å². The number of benzene rings is 1. The Kier molecular flexibility index (Phi) is 2.93. The molecule has 0 radical (unpaired) electrons. The van der Waals surface area contributed by atoms with Crippen LogP contribution in [0.3, 0.4) is 0 Å². The topological polar surface area (TPSA) is 87.0 Å². The highest BCUT2D eigenvalue weighted by atomic mass is 16.6. The number of aliphatic hydroxyl groups excluding tert-OH is 1. The van der Waals surface area contributed by atoms with E-state index < -0.39 is 17.8 Å². The summed E-state index contributed by atoms with van der Waals surface area (Å²) in [5.74, 6) is -2.00. The van der Waals surface area contributed by atoms with Crippen molar-refractivity contribution in [3.63, 3.8) is 0 Å². The average molecular weight is 198 g/mol. The van der Waals surface area contributed by atoms with Gasteiger partial charge in [-0.05, 0) is 19.1 Å². The number of hydrogen-bond donors (Lipinski definition) is 3. The van der Waals surface area contributed by atoms with Gasteiger partial charge in [0.05, 0.1) is 0 Å². The number of esters is 1. The van der Waals surface area contributed by atoms with Crippen LogP contribution in [-0.4, -0.2) is 27.4 Å². The summed E-state index contributed by atoms with van der Waals surface area (Å²) in [5.41, 5.74) is 0. The van der Waals surface area contributed by atoms with Gasteiger partial charge >= 0.3 is 5.97 Å². The van der Waals surface area contributed by atoms with Crippen molar-refractivity contribution in [1.82, 2.24) is 0 Å². The molecule has 0 aliphatic heterocycles. The number of para-hydroxylation sites is 1. The molecule has 1 aromatic rings. The Bertz CT molecular complexity index is 345. The van der Waals surface area contributed by atoms with Crippen molar-refractivity contribution in [3.05, 3.63) is 18.2 Å².